The highest BCUT2D eigenvalue weighted by Gasteiger charge is 2.26. The van der Waals surface area contributed by atoms with Crippen LogP contribution in [0.2, 0.25) is 0 Å². The summed E-state index contributed by atoms with van der Waals surface area (Å²) in [5.74, 6) is -0.762. The van der Waals surface area contributed by atoms with Crippen LogP contribution in [0.5, 0.6) is 0 Å². The largest absolute Gasteiger partial charge is 0.351 e. The van der Waals surface area contributed by atoms with Gasteiger partial charge in [-0.3, -0.25) is 19.2 Å². The van der Waals surface area contributed by atoms with E-state index in [2.05, 4.69) is 26.6 Å². The van der Waals surface area contributed by atoms with E-state index >= 15 is 0 Å². The molecule has 2 atom stereocenters. The summed E-state index contributed by atoms with van der Waals surface area (Å²) in [5, 5.41) is 14.9. The number of amides is 2. The van der Waals surface area contributed by atoms with Crippen molar-refractivity contribution in [2.24, 2.45) is 0 Å². The van der Waals surface area contributed by atoms with Crippen molar-refractivity contribution in [3.8, 4) is 0 Å². The summed E-state index contributed by atoms with van der Waals surface area (Å²) in [7, 11) is 5.50. The van der Waals surface area contributed by atoms with E-state index in [1.54, 1.807) is 7.05 Å². The van der Waals surface area contributed by atoms with Gasteiger partial charge < -0.3 is 26.6 Å². The lowest BCUT2D eigenvalue weighted by atomic mass is 10.0. The molecule has 0 fully saturated rings. The van der Waals surface area contributed by atoms with Crippen molar-refractivity contribution in [1.82, 2.24) is 26.6 Å². The predicted octanol–water partition coefficient (Wildman–Crippen LogP) is 0.282. The van der Waals surface area contributed by atoms with Crippen LogP contribution in [0.3, 0.4) is 0 Å². The minimum Gasteiger partial charge on any atom is -0.351 e. The first kappa shape index (κ1) is 29.2. The second-order valence-electron chi connectivity index (χ2n) is 8.12. The summed E-state index contributed by atoms with van der Waals surface area (Å²) >= 11 is 0. The Labute approximate surface area is 187 Å². The average Bonchev–Trinajstić information content (AvgIpc) is 2.69. The van der Waals surface area contributed by atoms with Crippen LogP contribution in [0.1, 0.15) is 65.2 Å². The summed E-state index contributed by atoms with van der Waals surface area (Å²) in [5.41, 5.74) is 0. The molecule has 0 rings (SSSR count). The molecule has 0 saturated carbocycles. The molecule has 31 heavy (non-hydrogen) atoms. The molecule has 0 aromatic rings. The number of nitrogens with one attached hydrogen (secondary N) is 5. The van der Waals surface area contributed by atoms with Gasteiger partial charge in [0.1, 0.15) is 17.6 Å². The lowest BCUT2D eigenvalue weighted by Gasteiger charge is -2.25. The highest BCUT2D eigenvalue weighted by Crippen LogP contribution is 2.07. The molecule has 0 radical (unpaired) electrons. The molecule has 2 unspecified atom stereocenters. The molecule has 0 bridgehead atoms. The van der Waals surface area contributed by atoms with Gasteiger partial charge in [-0.2, -0.15) is 0 Å². The Balaban J connectivity index is 5.10. The number of unbranched alkanes of at least 4 members (excludes halogenated alkanes) is 2. The number of ketones is 2. The van der Waals surface area contributed by atoms with Gasteiger partial charge in [0.15, 0.2) is 0 Å². The summed E-state index contributed by atoms with van der Waals surface area (Å²) in [6.07, 6.45) is 4.84. The standard InChI is InChI=1S/C22H43N5O4/c1-16(28)14-18(15-17(2)29)26-22(31)20(11-7-9-13-24-4)27-21(30)19(25-5)10-6-8-12-23-3/h18-20,23-25H,6-15H2,1-5H3,(H,26,31)(H,27,30). The number of Topliss-reactive ketones (excluding diaryl/α,β-unsaturated/α-hetero) is 2. The van der Waals surface area contributed by atoms with Crippen molar-refractivity contribution in [2.45, 2.75) is 83.3 Å². The molecule has 0 aliphatic heterocycles. The van der Waals surface area contributed by atoms with E-state index in [0.29, 0.717) is 12.8 Å². The smallest absolute Gasteiger partial charge is 0.242 e. The van der Waals surface area contributed by atoms with Crippen LogP contribution >= 0.6 is 0 Å². The normalized spacial score (nSPS) is 13.0. The minimum absolute atomic E-state index is 0.0936. The lowest BCUT2D eigenvalue weighted by molar-refractivity contribution is -0.131. The zero-order valence-corrected chi connectivity index (χ0v) is 19.9. The Morgan fingerprint density at radius 3 is 1.52 bits per heavy atom. The van der Waals surface area contributed by atoms with Crippen molar-refractivity contribution >= 4 is 23.4 Å². The Hall–Kier alpha value is -1.84. The maximum absolute atomic E-state index is 12.9. The van der Waals surface area contributed by atoms with Crippen LogP contribution in [-0.4, -0.2) is 75.7 Å². The van der Waals surface area contributed by atoms with Gasteiger partial charge in [0, 0.05) is 18.9 Å². The van der Waals surface area contributed by atoms with Crippen molar-refractivity contribution in [3.05, 3.63) is 0 Å². The SMILES string of the molecule is CNCCCCC(NC)C(=O)NC(CCCCNC)C(=O)NC(CC(C)=O)CC(C)=O. The average molecular weight is 442 g/mol. The van der Waals surface area contributed by atoms with Crippen molar-refractivity contribution in [3.63, 3.8) is 0 Å². The van der Waals surface area contributed by atoms with Crippen molar-refractivity contribution < 1.29 is 19.2 Å². The van der Waals surface area contributed by atoms with E-state index in [4.69, 9.17) is 0 Å². The minimum atomic E-state index is -0.709. The molecule has 9 heteroatoms. The Bertz CT molecular complexity index is 540. The topological polar surface area (TPSA) is 128 Å². The maximum atomic E-state index is 12.9. The molecule has 0 aliphatic carbocycles. The van der Waals surface area contributed by atoms with Gasteiger partial charge in [-0.05, 0) is 80.2 Å². The lowest BCUT2D eigenvalue weighted by Crippen LogP contribution is -2.54. The van der Waals surface area contributed by atoms with Crippen LogP contribution in [0, 0.1) is 0 Å². The zero-order chi connectivity index (χ0) is 23.6. The van der Waals surface area contributed by atoms with E-state index in [1.807, 2.05) is 14.1 Å². The van der Waals surface area contributed by atoms with Gasteiger partial charge in [0.05, 0.1) is 6.04 Å². The molecular weight excluding hydrogens is 398 g/mol. The molecule has 0 heterocycles. The third-order valence-corrected chi connectivity index (χ3v) is 5.05. The fourth-order valence-electron chi connectivity index (χ4n) is 3.42. The fraction of sp³-hybridized carbons (Fsp3) is 0.818. The molecule has 2 amide bonds. The fourth-order valence-corrected chi connectivity index (χ4v) is 3.42. The molecule has 0 saturated heterocycles. The quantitative estimate of drug-likeness (QED) is 0.182. The molecule has 5 N–H and O–H groups in total. The third-order valence-electron chi connectivity index (χ3n) is 5.05. The first-order chi connectivity index (χ1) is 14.7. The molecule has 0 aromatic heterocycles. The van der Waals surface area contributed by atoms with E-state index < -0.39 is 12.1 Å². The van der Waals surface area contributed by atoms with Gasteiger partial charge in [0.2, 0.25) is 11.8 Å². The van der Waals surface area contributed by atoms with E-state index in [1.165, 1.54) is 13.8 Å². The monoisotopic (exact) mass is 441 g/mol. The molecule has 0 aliphatic rings. The number of rotatable bonds is 19. The first-order valence-corrected chi connectivity index (χ1v) is 11.3. The predicted molar refractivity (Wildman–Crippen MR) is 123 cm³/mol. The van der Waals surface area contributed by atoms with Gasteiger partial charge in [-0.1, -0.05) is 6.42 Å². The maximum Gasteiger partial charge on any atom is 0.242 e. The van der Waals surface area contributed by atoms with Crippen LogP contribution in [-0.2, 0) is 19.2 Å². The Morgan fingerprint density at radius 2 is 1.10 bits per heavy atom. The summed E-state index contributed by atoms with van der Waals surface area (Å²) in [6, 6.07) is -1.64. The summed E-state index contributed by atoms with van der Waals surface area (Å²) in [6.45, 7) is 4.58. The third kappa shape index (κ3) is 14.7. The van der Waals surface area contributed by atoms with Crippen LogP contribution in [0.25, 0.3) is 0 Å². The number of carbonyl (C=O) groups excluding carboxylic acids is 4. The second-order valence-corrected chi connectivity index (χ2v) is 8.12. The molecule has 0 spiro atoms. The highest BCUT2D eigenvalue weighted by molar-refractivity contribution is 5.90. The molecule has 0 aromatic carbocycles. The van der Waals surface area contributed by atoms with Crippen LogP contribution in [0.4, 0.5) is 0 Å². The van der Waals surface area contributed by atoms with E-state index in [0.717, 1.165) is 38.8 Å². The second kappa shape index (κ2) is 17.8. The van der Waals surface area contributed by atoms with Crippen LogP contribution in [0.15, 0.2) is 0 Å². The number of carbonyl (C=O) groups is 4. The Kier molecular flexibility index (Phi) is 16.7. The molecule has 9 nitrogen and oxygen atoms in total. The highest BCUT2D eigenvalue weighted by atomic mass is 16.2. The van der Waals surface area contributed by atoms with Gasteiger partial charge in [0.25, 0.3) is 0 Å². The molecular formula is C22H43N5O4. The zero-order valence-electron chi connectivity index (χ0n) is 19.9. The van der Waals surface area contributed by atoms with E-state index in [9.17, 15) is 19.2 Å². The number of hydrogen-bond acceptors (Lipinski definition) is 7. The van der Waals surface area contributed by atoms with E-state index in [-0.39, 0.29) is 42.3 Å². The first-order valence-electron chi connectivity index (χ1n) is 11.3. The molecule has 180 valence electrons. The number of likely N-dealkylation sites (N-methyl/N-ethyl adjacent to an activating group) is 1. The van der Waals surface area contributed by atoms with Crippen molar-refractivity contribution in [2.75, 3.05) is 34.2 Å². The van der Waals surface area contributed by atoms with Gasteiger partial charge in [-0.25, -0.2) is 0 Å². The van der Waals surface area contributed by atoms with Gasteiger partial charge >= 0.3 is 0 Å². The van der Waals surface area contributed by atoms with Crippen LogP contribution < -0.4 is 26.6 Å². The van der Waals surface area contributed by atoms with Crippen molar-refractivity contribution in [1.29, 1.82) is 0 Å². The number of hydrogen-bond donors (Lipinski definition) is 5. The van der Waals surface area contributed by atoms with Gasteiger partial charge in [-0.15, -0.1) is 0 Å². The Morgan fingerprint density at radius 1 is 0.645 bits per heavy atom. The summed E-state index contributed by atoms with van der Waals surface area (Å²) < 4.78 is 0. The summed E-state index contributed by atoms with van der Waals surface area (Å²) in [4.78, 5) is 48.8.